The molecule has 0 spiro atoms. The van der Waals surface area contributed by atoms with Crippen molar-refractivity contribution in [2.75, 3.05) is 0 Å². The second kappa shape index (κ2) is 9.93. The number of aromatic nitrogens is 1. The summed E-state index contributed by atoms with van der Waals surface area (Å²) in [6, 6.07) is 15.8. The summed E-state index contributed by atoms with van der Waals surface area (Å²) in [6.45, 7) is 5.93. The zero-order chi connectivity index (χ0) is 22.4. The number of rotatable bonds is 6. The maximum absolute atomic E-state index is 11.0. The number of hydrogen-bond acceptors (Lipinski definition) is 4. The van der Waals surface area contributed by atoms with Gasteiger partial charge in [-0.15, -0.1) is 0 Å². The molecule has 1 unspecified atom stereocenters. The van der Waals surface area contributed by atoms with Crippen molar-refractivity contribution in [3.63, 3.8) is 0 Å². The molecule has 1 amide bonds. The van der Waals surface area contributed by atoms with Gasteiger partial charge < -0.3 is 20.1 Å². The van der Waals surface area contributed by atoms with Crippen LogP contribution in [0.3, 0.4) is 0 Å². The fourth-order valence-electron chi connectivity index (χ4n) is 2.92. The van der Waals surface area contributed by atoms with Crippen LogP contribution < -0.4 is 10.5 Å². The first kappa shape index (κ1) is 23.0. The van der Waals surface area contributed by atoms with Crippen LogP contribution in [0.4, 0.5) is 0 Å². The predicted molar refractivity (Wildman–Crippen MR) is 115 cm³/mol. The van der Waals surface area contributed by atoms with E-state index in [2.05, 4.69) is 29.4 Å². The molecule has 0 bridgehead atoms. The number of carboxylic acid groups (broad SMARTS) is 1. The van der Waals surface area contributed by atoms with Gasteiger partial charge in [-0.25, -0.2) is 4.79 Å². The van der Waals surface area contributed by atoms with Gasteiger partial charge in [-0.2, -0.15) is 0 Å². The Morgan fingerprint density at radius 3 is 2.23 bits per heavy atom. The monoisotopic (exact) mass is 430 g/mol. The Labute approximate surface area is 179 Å². The van der Waals surface area contributed by atoms with Gasteiger partial charge in [0.1, 0.15) is 5.75 Å². The minimum atomic E-state index is -1.41. The van der Waals surface area contributed by atoms with Crippen LogP contribution in [0.5, 0.6) is 5.75 Å². The maximum atomic E-state index is 11.0. The van der Waals surface area contributed by atoms with E-state index in [1.165, 1.54) is 5.56 Å². The molecule has 0 saturated carbocycles. The highest BCUT2D eigenvalue weighted by Crippen LogP contribution is 2.34. The number of primary amides is 1. The summed E-state index contributed by atoms with van der Waals surface area (Å²) in [4.78, 5) is 30.2. The number of ether oxygens (including phenoxy) is 1. The molecule has 3 rings (SSSR count). The van der Waals surface area contributed by atoms with E-state index in [-0.39, 0.29) is 0 Å². The number of nitrogens with zero attached hydrogens (tertiary/aromatic N) is 1. The fraction of sp³-hybridized carbons (Fsp3) is 0.227. The van der Waals surface area contributed by atoms with Crippen LogP contribution in [0.1, 0.15) is 23.7 Å². The highest BCUT2D eigenvalue weighted by atomic mass is 35.5. The predicted octanol–water partition coefficient (Wildman–Crippen LogP) is 3.40. The number of carbonyl (C=O) groups excluding carboxylic acids is 2. The van der Waals surface area contributed by atoms with Crippen LogP contribution in [-0.2, 0) is 20.9 Å². The van der Waals surface area contributed by atoms with Crippen LogP contribution in [0.25, 0.3) is 10.9 Å². The van der Waals surface area contributed by atoms with Crippen LogP contribution >= 0.6 is 11.6 Å². The Morgan fingerprint density at radius 2 is 1.70 bits per heavy atom. The van der Waals surface area contributed by atoms with Gasteiger partial charge in [0.05, 0.1) is 5.52 Å². The van der Waals surface area contributed by atoms with E-state index in [0.717, 1.165) is 35.6 Å². The van der Waals surface area contributed by atoms with Gasteiger partial charge in [0.2, 0.25) is 5.78 Å². The molecule has 1 aromatic heterocycles. The zero-order valence-corrected chi connectivity index (χ0v) is 17.6. The van der Waals surface area contributed by atoms with Crippen LogP contribution in [-0.4, -0.2) is 32.9 Å². The van der Waals surface area contributed by atoms with Crippen LogP contribution in [0, 0.1) is 13.8 Å². The third kappa shape index (κ3) is 5.39. The molecule has 0 saturated heterocycles. The Bertz CT molecular complexity index is 1060. The Balaban J connectivity index is 0.000000469. The molecule has 3 N–H and O–H groups in total. The van der Waals surface area contributed by atoms with Crippen molar-refractivity contribution >= 4 is 40.2 Å². The number of amides is 1. The van der Waals surface area contributed by atoms with E-state index in [1.54, 1.807) is 6.07 Å². The van der Waals surface area contributed by atoms with Gasteiger partial charge in [-0.1, -0.05) is 48.0 Å². The Morgan fingerprint density at radius 1 is 1.10 bits per heavy atom. The molecule has 1 heterocycles. The first-order valence-corrected chi connectivity index (χ1v) is 9.53. The molecule has 0 aliphatic rings. The molecule has 0 radical (unpaired) electrons. The molecule has 158 valence electrons. The van der Waals surface area contributed by atoms with Gasteiger partial charge in [0, 0.05) is 24.5 Å². The number of fused-ring (bicyclic) bond motifs is 1. The normalized spacial score (nSPS) is 11.3. The van der Waals surface area contributed by atoms with Gasteiger partial charge in [-0.3, -0.25) is 9.59 Å². The Hall–Kier alpha value is -3.32. The summed E-state index contributed by atoms with van der Waals surface area (Å²) in [6.07, 6.45) is 0. The first-order valence-electron chi connectivity index (χ1n) is 9.09. The van der Waals surface area contributed by atoms with Crippen molar-refractivity contribution < 1.29 is 24.2 Å². The largest absolute Gasteiger partial charge is 0.478 e. The van der Waals surface area contributed by atoms with Crippen molar-refractivity contribution in [1.29, 1.82) is 0 Å². The lowest BCUT2D eigenvalue weighted by Gasteiger charge is -2.11. The second-order valence-electron chi connectivity index (χ2n) is 6.63. The summed E-state index contributed by atoms with van der Waals surface area (Å²) in [5.74, 6) is -2.20. The van der Waals surface area contributed by atoms with Gasteiger partial charge in [-0.05, 0) is 37.1 Å². The lowest BCUT2D eigenvalue weighted by atomic mass is 10.1. The van der Waals surface area contributed by atoms with Crippen molar-refractivity contribution in [3.05, 3.63) is 65.4 Å². The average Bonchev–Trinajstić information content (AvgIpc) is 2.95. The molecule has 8 heteroatoms. The molecule has 3 aromatic rings. The highest BCUT2D eigenvalue weighted by molar-refractivity contribution is 6.34. The van der Waals surface area contributed by atoms with E-state index in [1.807, 2.05) is 37.3 Å². The molecule has 30 heavy (non-hydrogen) atoms. The van der Waals surface area contributed by atoms with E-state index in [9.17, 15) is 14.4 Å². The van der Waals surface area contributed by atoms with E-state index in [4.69, 9.17) is 21.4 Å². The molecule has 0 fully saturated rings. The molecule has 0 aliphatic heterocycles. The van der Waals surface area contributed by atoms with Crippen molar-refractivity contribution in [1.82, 2.24) is 4.57 Å². The SMILES string of the molecule is CC(=O)C(N)=O.Cc1c(C)n(Cc2ccccc2)c2cccc(OC(Cl)C(=O)O)c12. The molecule has 7 nitrogen and oxygen atoms in total. The highest BCUT2D eigenvalue weighted by Gasteiger charge is 2.20. The van der Waals surface area contributed by atoms with Gasteiger partial charge in [0.15, 0.2) is 0 Å². The number of Topliss-reactive ketones (excluding diaryl/α,β-unsaturated/α-hetero) is 1. The van der Waals surface area contributed by atoms with Crippen LogP contribution in [0.15, 0.2) is 48.5 Å². The minimum Gasteiger partial charge on any atom is -0.478 e. The average molecular weight is 431 g/mol. The number of aliphatic carboxylic acids is 1. The first-order chi connectivity index (χ1) is 14.1. The lowest BCUT2D eigenvalue weighted by molar-refractivity contribution is -0.141. The second-order valence-corrected chi connectivity index (χ2v) is 7.02. The van der Waals surface area contributed by atoms with Crippen molar-refractivity contribution in [2.24, 2.45) is 5.73 Å². The summed E-state index contributed by atoms with van der Waals surface area (Å²) in [5.41, 5.74) is 7.41. The van der Waals surface area contributed by atoms with Crippen molar-refractivity contribution in [3.8, 4) is 5.75 Å². The number of benzene rings is 2. The summed E-state index contributed by atoms with van der Waals surface area (Å²) in [7, 11) is 0. The number of hydrogen-bond donors (Lipinski definition) is 2. The number of nitrogens with two attached hydrogens (primary N) is 1. The van der Waals surface area contributed by atoms with Crippen LogP contribution in [0.2, 0.25) is 0 Å². The Kier molecular flexibility index (Phi) is 7.60. The van der Waals surface area contributed by atoms with E-state index in [0.29, 0.717) is 5.75 Å². The van der Waals surface area contributed by atoms with E-state index >= 15 is 0 Å². The third-order valence-corrected chi connectivity index (χ3v) is 4.85. The smallest absolute Gasteiger partial charge is 0.360 e. The van der Waals surface area contributed by atoms with E-state index < -0.39 is 23.2 Å². The lowest BCUT2D eigenvalue weighted by Crippen LogP contribution is -2.20. The number of ketones is 1. The number of aryl methyl sites for hydroxylation is 1. The van der Waals surface area contributed by atoms with Gasteiger partial charge in [0.25, 0.3) is 11.5 Å². The molecule has 2 aromatic carbocycles. The molecular formula is C22H23ClN2O5. The number of halogens is 1. The maximum Gasteiger partial charge on any atom is 0.360 e. The minimum absolute atomic E-state index is 0.488. The number of carbonyl (C=O) groups is 3. The molecule has 0 aliphatic carbocycles. The number of alkyl halides is 1. The summed E-state index contributed by atoms with van der Waals surface area (Å²) >= 11 is 5.75. The zero-order valence-electron chi connectivity index (χ0n) is 16.9. The molecular weight excluding hydrogens is 408 g/mol. The topological polar surface area (TPSA) is 112 Å². The standard InChI is InChI=1S/C19H18ClNO3.C3H5NO2/c1-12-13(2)21(11-14-7-4-3-5-8-14)15-9-6-10-16(17(12)15)24-18(20)19(22)23;1-2(5)3(4)6/h3-10,18H,11H2,1-2H3,(H,22,23);1H3,(H2,4,6). The third-order valence-electron chi connectivity index (χ3n) is 4.57. The summed E-state index contributed by atoms with van der Waals surface area (Å²) in [5, 5.41) is 9.88. The quantitative estimate of drug-likeness (QED) is 0.460. The molecule has 1 atom stereocenters. The fourth-order valence-corrected chi connectivity index (χ4v) is 3.01. The number of carboxylic acids is 1. The summed E-state index contributed by atoms with van der Waals surface area (Å²) < 4.78 is 7.65. The van der Waals surface area contributed by atoms with Gasteiger partial charge >= 0.3 is 5.97 Å². The van der Waals surface area contributed by atoms with Crippen molar-refractivity contribution in [2.45, 2.75) is 32.9 Å².